The third-order valence-corrected chi connectivity index (χ3v) is 19.8. The van der Waals surface area contributed by atoms with Crippen molar-refractivity contribution in [2.45, 2.75) is 132 Å². The van der Waals surface area contributed by atoms with E-state index in [0.717, 1.165) is 76.9 Å². The molecule has 0 N–H and O–H groups in total. The number of hydrogen-bond acceptors (Lipinski definition) is 15. The molecule has 3 aromatic heterocycles. The maximum Gasteiger partial charge on any atom is 0.534 e. The van der Waals surface area contributed by atoms with E-state index in [1.807, 2.05) is 0 Å². The molecule has 13 aliphatic heterocycles. The van der Waals surface area contributed by atoms with Gasteiger partial charge in [-0.05, 0) is 125 Å². The summed E-state index contributed by atoms with van der Waals surface area (Å²) in [5.74, 6) is -10.6. The molecule has 0 spiro atoms. The highest BCUT2D eigenvalue weighted by atomic mass is 32.2. The number of rotatable bonds is 18. The smallest absolute Gasteiger partial charge is 0.375 e. The Morgan fingerprint density at radius 3 is 1.05 bits per heavy atom. The summed E-state index contributed by atoms with van der Waals surface area (Å²) in [6.07, 6.45) is 2.34. The fraction of sp³-hybridized carbons (Fsp3) is 0.420. The van der Waals surface area contributed by atoms with E-state index >= 15 is 28.8 Å². The Kier molecular flexibility index (Phi) is 20.0. The van der Waals surface area contributed by atoms with E-state index in [0.29, 0.717) is 0 Å². The van der Waals surface area contributed by atoms with Gasteiger partial charge in [0.1, 0.15) is 0 Å². The summed E-state index contributed by atoms with van der Waals surface area (Å²) < 4.78 is 229. The first-order chi connectivity index (χ1) is 47.1. The molecule has 16 heterocycles. The summed E-state index contributed by atoms with van der Waals surface area (Å²) in [5, 5.41) is -1.89. The molecule has 21 nitrogen and oxygen atoms in total. The van der Waals surface area contributed by atoms with Gasteiger partial charge in [0, 0.05) is 82.8 Å². The minimum Gasteiger partial charge on any atom is -0.375 e. The summed E-state index contributed by atoms with van der Waals surface area (Å²) >= 11 is 0. The predicted octanol–water partition coefficient (Wildman–Crippen LogP) is 11.6. The number of hydrogen-bond donors (Lipinski definition) is 0. The summed E-state index contributed by atoms with van der Waals surface area (Å²) in [7, 11) is -20.1. The molecule has 548 valence electrons. The van der Waals surface area contributed by atoms with Crippen LogP contribution in [-0.4, -0.2) is 104 Å². The Labute approximate surface area is 578 Å². The van der Waals surface area contributed by atoms with Gasteiger partial charge in [-0.2, -0.15) is 64.8 Å². The molecule has 0 fully saturated rings. The molecule has 0 saturated heterocycles. The van der Waals surface area contributed by atoms with E-state index in [-0.39, 0.29) is 122 Å². The summed E-state index contributed by atoms with van der Waals surface area (Å²) in [6, 6.07) is 11.1. The largest absolute Gasteiger partial charge is 0.534 e. The van der Waals surface area contributed by atoms with Crippen LogP contribution in [0.3, 0.4) is 0 Å². The Morgan fingerprint density at radius 2 is 0.706 bits per heavy atom. The van der Waals surface area contributed by atoms with E-state index in [9.17, 15) is 64.8 Å². The monoisotopic (exact) mass is 1490 g/mol. The van der Waals surface area contributed by atoms with Crippen molar-refractivity contribution in [2.24, 2.45) is 35.5 Å². The van der Waals surface area contributed by atoms with E-state index in [2.05, 4.69) is 0 Å². The van der Waals surface area contributed by atoms with Crippen molar-refractivity contribution >= 4 is 126 Å². The van der Waals surface area contributed by atoms with Crippen LogP contribution in [0.5, 0.6) is 17.2 Å². The third-order valence-electron chi connectivity index (χ3n) is 16.9. The number of halogens is 9. The maximum absolute atomic E-state index is 15.7. The lowest BCUT2D eigenvalue weighted by atomic mass is 9.96. The van der Waals surface area contributed by atoms with Gasteiger partial charge in [-0.25, -0.2) is 0 Å². The molecular weight excluding hydrogens is 1420 g/mol. The Balaban J connectivity index is 1.42. The lowest BCUT2D eigenvalue weighted by Gasteiger charge is -2.33. The number of alkyl halides is 9. The molecule has 0 saturated carbocycles. The molecule has 18 bridgehead atoms. The topological polar surface area (TPSA) is 257 Å². The van der Waals surface area contributed by atoms with Crippen molar-refractivity contribution in [3.8, 4) is 17.2 Å². The van der Waals surface area contributed by atoms with Crippen LogP contribution in [0.25, 0.3) is 66.4 Å². The van der Waals surface area contributed by atoms with Gasteiger partial charge in [0.25, 0.3) is 34.4 Å². The minimum atomic E-state index is -6.70. The zero-order valence-electron chi connectivity index (χ0n) is 57.0. The highest BCUT2D eigenvalue weighted by Gasteiger charge is 2.52. The molecule has 0 radical (unpaired) electrons. The van der Waals surface area contributed by atoms with Gasteiger partial charge in [-0.3, -0.25) is 28.8 Å². The predicted molar refractivity (Wildman–Crippen MR) is 366 cm³/mol. The quantitative estimate of drug-likeness (QED) is 0.0335. The number of carbonyl (C=O) groups is 3. The third kappa shape index (κ3) is 14.2. The van der Waals surface area contributed by atoms with Gasteiger partial charge in [0.2, 0.25) is 0 Å². The van der Waals surface area contributed by atoms with Crippen molar-refractivity contribution in [2.75, 3.05) is 29.4 Å². The number of benzene rings is 5. The van der Waals surface area contributed by atoms with Crippen molar-refractivity contribution in [1.82, 2.24) is 18.6 Å². The molecule has 1 atom stereocenters. The Morgan fingerprint density at radius 1 is 0.382 bits per heavy atom. The number of amides is 3. The van der Waals surface area contributed by atoms with Crippen LogP contribution in [0.2, 0.25) is 0 Å². The lowest BCUT2D eigenvalue weighted by Crippen LogP contribution is -2.51. The molecule has 8 aromatic rings. The molecule has 33 heteroatoms. The van der Waals surface area contributed by atoms with Crippen LogP contribution in [-0.2, 0) is 50.0 Å². The highest BCUT2D eigenvalue weighted by molar-refractivity contribution is 7.88. The summed E-state index contributed by atoms with van der Waals surface area (Å²) in [5.41, 5.74) is -24.6. The molecule has 5 aromatic carbocycles. The first-order valence-electron chi connectivity index (χ1n) is 32.3. The van der Waals surface area contributed by atoms with Gasteiger partial charge in [0.15, 0.2) is 17.2 Å². The summed E-state index contributed by atoms with van der Waals surface area (Å²) in [4.78, 5) is 96.4. The molecule has 14 aliphatic rings. The van der Waals surface area contributed by atoms with Gasteiger partial charge in [-0.1, -0.05) is 101 Å². The second-order valence-electron chi connectivity index (χ2n) is 27.9. The minimum absolute atomic E-state index is 0.0818. The molecule has 102 heavy (non-hydrogen) atoms. The summed E-state index contributed by atoms with van der Waals surface area (Å²) in [6.45, 7) is 18.1. The van der Waals surface area contributed by atoms with Crippen LogP contribution >= 0.6 is 0 Å². The zero-order chi connectivity index (χ0) is 75.5. The van der Waals surface area contributed by atoms with Crippen molar-refractivity contribution in [3.05, 3.63) is 131 Å². The fourth-order valence-electron chi connectivity index (χ4n) is 12.8. The first-order valence-corrected chi connectivity index (χ1v) is 36.5. The van der Waals surface area contributed by atoms with E-state index in [4.69, 9.17) is 12.5 Å². The standard InChI is InChI=1S/C69H71F9N6O15S3/c1-34(2)28-79-40-13-16-43-47-26-59(98-101(93,94)68(73,74)75)53(23-56(47)83(32-38(9)10)61(85)49(43)19-40)65(89)81(30-36(5)6)42-15-18-45-48-27-60(99-102(95,96)69(76,77)78)54(24-57(48)84(33-39(11)12)63(87)51(45)21-42)66(90)80(29-35(3)4)41-14-17-44-46-25-58(97-100(91,92)67(70,71)72)52(64(79)88)22-55(46)82(31-37(7)8)62(86)50(44)20-41/h13-14,16-27,34-39,42H,15,28-33H2,1-12H3. The van der Waals surface area contributed by atoms with Crippen LogP contribution in [0.1, 0.15) is 121 Å². The molecule has 1 aliphatic carbocycles. The number of aromatic nitrogens is 3. The average molecular weight is 1490 g/mol. The van der Waals surface area contributed by atoms with Crippen LogP contribution in [0.15, 0.2) is 87.2 Å². The molecule has 3 amide bonds. The number of carbonyl (C=O) groups excluding carboxylic acids is 3. The van der Waals surface area contributed by atoms with Gasteiger partial charge in [-0.15, -0.1) is 0 Å². The molecule has 22 rings (SSSR count). The van der Waals surface area contributed by atoms with Crippen molar-refractivity contribution in [1.29, 1.82) is 0 Å². The van der Waals surface area contributed by atoms with Gasteiger partial charge >= 0.3 is 46.9 Å². The number of fused-ring (bicyclic) bond motifs is 1. The highest BCUT2D eigenvalue weighted by Crippen LogP contribution is 2.42. The molecule has 1 unspecified atom stereocenters. The SMILES string of the molecule is CC(C)CN1C(=O)c2cc3c(cc2OS(=O)(=O)C(F)(F)F)c2c(c(=O)n3CC(C)C)=CC(CC=2)N(CC(C)C)C(=O)c2cc3c(cc2OS(=O)(=O)C(F)(F)F)c2ccc(cc2c(=O)n3CC(C)C)N(CC(C)C)C(=O)c2cc3c(cc2OS(=O)(=O)C(F)(F)F)c2ccc1cc2c(=O)n3CC(C)C. The first kappa shape index (κ1) is 75.7. The normalized spacial score (nSPS) is 15.5. The molecular formula is C69H71F9N6O15S3. The fourth-order valence-corrected chi connectivity index (χ4v) is 14.2. The number of pyridine rings is 3. The van der Waals surface area contributed by atoms with Crippen LogP contribution in [0.4, 0.5) is 50.9 Å². The Hall–Kier alpha value is -8.98. The average Bonchev–Trinajstić information content (AvgIpc) is 0.739. The lowest BCUT2D eigenvalue weighted by molar-refractivity contribution is -0.0505. The second-order valence-corrected chi connectivity index (χ2v) is 32.5. The van der Waals surface area contributed by atoms with E-state index < -0.39 is 157 Å². The van der Waals surface area contributed by atoms with Gasteiger partial charge in [0.05, 0.1) is 39.3 Å². The van der Waals surface area contributed by atoms with Crippen molar-refractivity contribution in [3.63, 3.8) is 0 Å². The van der Waals surface area contributed by atoms with Crippen LogP contribution < -0.4 is 49.5 Å². The maximum atomic E-state index is 15.7. The van der Waals surface area contributed by atoms with E-state index in [1.165, 1.54) is 36.4 Å². The number of nitrogens with zero attached hydrogens (tertiary/aromatic N) is 6. The number of anilines is 2. The van der Waals surface area contributed by atoms with Crippen LogP contribution in [0, 0.1) is 35.5 Å². The van der Waals surface area contributed by atoms with E-state index in [1.54, 1.807) is 83.1 Å². The second kappa shape index (κ2) is 27.0. The Bertz CT molecular complexity index is 5530. The van der Waals surface area contributed by atoms with Gasteiger partial charge < -0.3 is 41.0 Å². The van der Waals surface area contributed by atoms with Crippen molar-refractivity contribution < 1.29 is 91.7 Å². The zero-order valence-corrected chi connectivity index (χ0v) is 59.5.